The molecule has 1 aliphatic carbocycles. The SMILES string of the molecule is CCCCCOc1cc(N2CC3(CC3)CN(Cc3ccnc4c3ccn4CC(=O)N(C)C)C2=O)ccc1OC. The Bertz CT molecular complexity index is 1350. The lowest BCUT2D eigenvalue weighted by Crippen LogP contribution is -2.54. The number of unbranched alkanes of at least 4 members (excludes halogenated alkanes) is 2. The molecule has 2 aromatic heterocycles. The van der Waals surface area contributed by atoms with Crippen molar-refractivity contribution >= 4 is 28.7 Å². The highest BCUT2D eigenvalue weighted by Crippen LogP contribution is 2.50. The third kappa shape index (κ3) is 5.67. The van der Waals surface area contributed by atoms with Crippen molar-refractivity contribution < 1.29 is 19.1 Å². The fourth-order valence-electron chi connectivity index (χ4n) is 5.30. The molecule has 9 nitrogen and oxygen atoms in total. The summed E-state index contributed by atoms with van der Waals surface area (Å²) in [6.07, 6.45) is 9.10. The number of urea groups is 1. The molecule has 0 atom stereocenters. The van der Waals surface area contributed by atoms with Gasteiger partial charge < -0.3 is 23.8 Å². The van der Waals surface area contributed by atoms with Gasteiger partial charge in [0, 0.05) is 68.7 Å². The Kier molecular flexibility index (Phi) is 7.68. The number of nitrogens with zero attached hydrogens (tertiary/aromatic N) is 5. The first kappa shape index (κ1) is 26.8. The zero-order valence-corrected chi connectivity index (χ0v) is 23.5. The first-order valence-corrected chi connectivity index (χ1v) is 13.8. The van der Waals surface area contributed by atoms with Gasteiger partial charge in [-0.15, -0.1) is 0 Å². The van der Waals surface area contributed by atoms with Crippen LogP contribution in [0, 0.1) is 5.41 Å². The highest BCUT2D eigenvalue weighted by molar-refractivity contribution is 5.94. The van der Waals surface area contributed by atoms with E-state index in [1.807, 2.05) is 50.9 Å². The number of pyridine rings is 1. The van der Waals surface area contributed by atoms with Crippen molar-refractivity contribution in [2.24, 2.45) is 5.41 Å². The Morgan fingerprint density at radius 2 is 1.92 bits per heavy atom. The summed E-state index contributed by atoms with van der Waals surface area (Å²) < 4.78 is 13.5. The minimum Gasteiger partial charge on any atom is -0.493 e. The number of hydrogen-bond acceptors (Lipinski definition) is 5. The standard InChI is InChI=1S/C30H39N5O4/c1-5-6-7-16-39-26-17-23(8-9-25(26)38-4)35-21-30(12-13-30)20-34(29(35)37)18-22-10-14-31-28-24(22)11-15-33(28)19-27(36)32(2)3/h8-11,14-15,17H,5-7,12-13,16,18-21H2,1-4H3. The number of ether oxygens (including phenoxy) is 2. The molecule has 1 saturated heterocycles. The summed E-state index contributed by atoms with van der Waals surface area (Å²) in [6, 6.07) is 9.73. The van der Waals surface area contributed by atoms with E-state index >= 15 is 0 Å². The molecule has 3 aromatic rings. The maximum Gasteiger partial charge on any atom is 0.324 e. The lowest BCUT2D eigenvalue weighted by Gasteiger charge is -2.41. The zero-order chi connectivity index (χ0) is 27.6. The predicted molar refractivity (Wildman–Crippen MR) is 151 cm³/mol. The van der Waals surface area contributed by atoms with Crippen LogP contribution in [0.5, 0.6) is 11.5 Å². The number of benzene rings is 1. The fraction of sp³-hybridized carbons (Fsp3) is 0.500. The molecular formula is C30H39N5O4. The Balaban J connectivity index is 1.38. The number of carbonyl (C=O) groups excluding carboxylic acids is 2. The van der Waals surface area contributed by atoms with Gasteiger partial charge in [0.05, 0.1) is 13.7 Å². The summed E-state index contributed by atoms with van der Waals surface area (Å²) in [5.74, 6) is 1.35. The summed E-state index contributed by atoms with van der Waals surface area (Å²) in [4.78, 5) is 36.2. The lowest BCUT2D eigenvalue weighted by atomic mass is 10.0. The van der Waals surface area contributed by atoms with Gasteiger partial charge in [-0.05, 0) is 49.1 Å². The van der Waals surface area contributed by atoms with Crippen LogP contribution < -0.4 is 14.4 Å². The lowest BCUT2D eigenvalue weighted by molar-refractivity contribution is -0.129. The van der Waals surface area contributed by atoms with Gasteiger partial charge in [0.1, 0.15) is 12.2 Å². The van der Waals surface area contributed by atoms with E-state index in [9.17, 15) is 9.59 Å². The normalized spacial score (nSPS) is 16.2. The molecule has 3 heterocycles. The molecule has 2 fully saturated rings. The molecule has 1 spiro atoms. The van der Waals surface area contributed by atoms with Crippen molar-refractivity contribution in [3.8, 4) is 11.5 Å². The molecule has 208 valence electrons. The topological polar surface area (TPSA) is 80.1 Å². The molecule has 0 N–H and O–H groups in total. The van der Waals surface area contributed by atoms with Gasteiger partial charge in [-0.3, -0.25) is 9.69 Å². The van der Waals surface area contributed by atoms with E-state index in [1.165, 1.54) is 0 Å². The van der Waals surface area contributed by atoms with E-state index in [-0.39, 0.29) is 23.9 Å². The first-order chi connectivity index (χ1) is 18.8. The van der Waals surface area contributed by atoms with Crippen LogP contribution in [0.1, 0.15) is 44.6 Å². The average molecular weight is 534 g/mol. The largest absolute Gasteiger partial charge is 0.493 e. The van der Waals surface area contributed by atoms with Gasteiger partial charge in [-0.1, -0.05) is 19.8 Å². The number of hydrogen-bond donors (Lipinski definition) is 0. The Morgan fingerprint density at radius 3 is 2.64 bits per heavy atom. The third-order valence-electron chi connectivity index (χ3n) is 7.86. The Morgan fingerprint density at radius 1 is 1.10 bits per heavy atom. The maximum atomic E-state index is 13.9. The van der Waals surface area contributed by atoms with Crippen LogP contribution in [0.4, 0.5) is 10.5 Å². The van der Waals surface area contributed by atoms with Crippen molar-refractivity contribution in [2.45, 2.75) is 52.1 Å². The average Bonchev–Trinajstić information content (AvgIpc) is 3.56. The molecule has 0 unspecified atom stereocenters. The van der Waals surface area contributed by atoms with Gasteiger partial charge in [0.15, 0.2) is 11.5 Å². The molecule has 3 amide bonds. The Hall–Kier alpha value is -3.75. The van der Waals surface area contributed by atoms with Crippen LogP contribution in [0.3, 0.4) is 0 Å². The first-order valence-electron chi connectivity index (χ1n) is 13.8. The Labute approximate surface area is 230 Å². The van der Waals surface area contributed by atoms with E-state index in [2.05, 4.69) is 11.9 Å². The number of likely N-dealkylation sites (N-methyl/N-ethyl adjacent to an activating group) is 1. The number of amides is 3. The second-order valence-corrected chi connectivity index (χ2v) is 11.1. The van der Waals surface area contributed by atoms with Crippen LogP contribution in [-0.2, 0) is 17.9 Å². The van der Waals surface area contributed by atoms with E-state index in [4.69, 9.17) is 9.47 Å². The summed E-state index contributed by atoms with van der Waals surface area (Å²) in [5, 5.41) is 0.964. The number of rotatable bonds is 11. The molecule has 0 radical (unpaired) electrons. The third-order valence-corrected chi connectivity index (χ3v) is 7.86. The maximum absolute atomic E-state index is 13.9. The number of anilines is 1. The summed E-state index contributed by atoms with van der Waals surface area (Å²) in [7, 11) is 5.14. The number of methoxy groups -OCH3 is 1. The fourth-order valence-corrected chi connectivity index (χ4v) is 5.30. The van der Waals surface area contributed by atoms with E-state index in [0.29, 0.717) is 31.2 Å². The minimum absolute atomic E-state index is 0.00503. The van der Waals surface area contributed by atoms with Gasteiger partial charge in [-0.2, -0.15) is 0 Å². The second-order valence-electron chi connectivity index (χ2n) is 11.1. The monoisotopic (exact) mass is 533 g/mol. The highest BCUT2D eigenvalue weighted by Gasteiger charge is 2.51. The molecule has 1 saturated carbocycles. The van der Waals surface area contributed by atoms with E-state index < -0.39 is 0 Å². The van der Waals surface area contributed by atoms with Gasteiger partial charge in [0.2, 0.25) is 5.91 Å². The van der Waals surface area contributed by atoms with E-state index in [0.717, 1.165) is 60.9 Å². The quantitative estimate of drug-likeness (QED) is 0.327. The minimum atomic E-state index is -0.0122. The van der Waals surface area contributed by atoms with Gasteiger partial charge in [0.25, 0.3) is 0 Å². The van der Waals surface area contributed by atoms with Crippen molar-refractivity contribution in [3.05, 3.63) is 48.3 Å². The van der Waals surface area contributed by atoms with Gasteiger partial charge in [-0.25, -0.2) is 9.78 Å². The zero-order valence-electron chi connectivity index (χ0n) is 23.5. The van der Waals surface area contributed by atoms with Crippen molar-refractivity contribution in [1.82, 2.24) is 19.4 Å². The van der Waals surface area contributed by atoms with Crippen LogP contribution in [0.2, 0.25) is 0 Å². The summed E-state index contributed by atoms with van der Waals surface area (Å²) in [6.45, 7) is 4.95. The number of carbonyl (C=O) groups is 2. The second kappa shape index (κ2) is 11.2. The van der Waals surface area contributed by atoms with Crippen molar-refractivity contribution in [1.29, 1.82) is 0 Å². The summed E-state index contributed by atoms with van der Waals surface area (Å²) in [5.41, 5.74) is 2.73. The molecular weight excluding hydrogens is 494 g/mol. The highest BCUT2D eigenvalue weighted by atomic mass is 16.5. The molecule has 5 rings (SSSR count). The molecule has 39 heavy (non-hydrogen) atoms. The van der Waals surface area contributed by atoms with E-state index in [1.54, 1.807) is 32.3 Å². The van der Waals surface area contributed by atoms with Crippen LogP contribution in [0.15, 0.2) is 42.7 Å². The molecule has 0 bridgehead atoms. The molecule has 1 aromatic carbocycles. The number of fused-ring (bicyclic) bond motifs is 1. The van der Waals surface area contributed by atoms with Crippen LogP contribution in [0.25, 0.3) is 11.0 Å². The van der Waals surface area contributed by atoms with Crippen molar-refractivity contribution in [3.63, 3.8) is 0 Å². The van der Waals surface area contributed by atoms with Crippen LogP contribution in [-0.4, -0.2) is 72.2 Å². The number of aromatic nitrogens is 2. The van der Waals surface area contributed by atoms with Crippen molar-refractivity contribution in [2.75, 3.05) is 45.8 Å². The molecule has 9 heteroatoms. The van der Waals surface area contributed by atoms with Gasteiger partial charge >= 0.3 is 6.03 Å². The summed E-state index contributed by atoms with van der Waals surface area (Å²) >= 11 is 0. The smallest absolute Gasteiger partial charge is 0.324 e. The van der Waals surface area contributed by atoms with Crippen LogP contribution >= 0.6 is 0 Å². The predicted octanol–water partition coefficient (Wildman–Crippen LogP) is 4.92. The molecule has 2 aliphatic rings. The molecule has 1 aliphatic heterocycles.